The molecule has 4 rings (SSSR count). The van der Waals surface area contributed by atoms with E-state index in [1.807, 2.05) is 29.2 Å². The molecule has 152 valence electrons. The number of rotatable bonds is 6. The number of benzene rings is 2. The van der Waals surface area contributed by atoms with E-state index in [1.54, 1.807) is 0 Å². The molecule has 1 fully saturated rings. The van der Waals surface area contributed by atoms with Gasteiger partial charge in [0.25, 0.3) is 0 Å². The van der Waals surface area contributed by atoms with Gasteiger partial charge in [-0.2, -0.15) is 0 Å². The smallest absolute Gasteiger partial charge is 0.227 e. The van der Waals surface area contributed by atoms with Crippen molar-refractivity contribution >= 4 is 17.5 Å². The van der Waals surface area contributed by atoms with Crippen LogP contribution in [0.4, 0.5) is 5.69 Å². The molecule has 2 aliphatic rings. The third-order valence-corrected chi connectivity index (χ3v) is 6.10. The second-order valence-electron chi connectivity index (χ2n) is 8.04. The fourth-order valence-corrected chi connectivity index (χ4v) is 4.25. The summed E-state index contributed by atoms with van der Waals surface area (Å²) in [5, 5.41) is 2.98. The highest BCUT2D eigenvalue weighted by molar-refractivity contribution is 5.96. The zero-order chi connectivity index (χ0) is 20.1. The number of hydrogen-bond donors (Lipinski definition) is 1. The zero-order valence-electron chi connectivity index (χ0n) is 16.8. The summed E-state index contributed by atoms with van der Waals surface area (Å²) in [6.07, 6.45) is 2.84. The molecule has 1 saturated heterocycles. The summed E-state index contributed by atoms with van der Waals surface area (Å²) in [5.41, 5.74) is 3.43. The highest BCUT2D eigenvalue weighted by atomic mass is 16.2. The van der Waals surface area contributed by atoms with Crippen LogP contribution in [0.2, 0.25) is 0 Å². The van der Waals surface area contributed by atoms with E-state index in [1.165, 1.54) is 5.56 Å². The van der Waals surface area contributed by atoms with Crippen molar-refractivity contribution in [2.24, 2.45) is 5.92 Å². The van der Waals surface area contributed by atoms with Crippen LogP contribution in [0.5, 0.6) is 0 Å². The average molecular weight is 392 g/mol. The van der Waals surface area contributed by atoms with Gasteiger partial charge in [0.05, 0.1) is 0 Å². The monoisotopic (exact) mass is 391 g/mol. The molecule has 2 amide bonds. The van der Waals surface area contributed by atoms with Gasteiger partial charge in [-0.25, -0.2) is 0 Å². The highest BCUT2D eigenvalue weighted by Gasteiger charge is 2.28. The number of hydrogen-bond acceptors (Lipinski definition) is 3. The normalized spacial score (nSPS) is 19.5. The molecule has 1 unspecified atom stereocenters. The van der Waals surface area contributed by atoms with Gasteiger partial charge in [-0.05, 0) is 36.5 Å². The lowest BCUT2D eigenvalue weighted by Gasteiger charge is -2.35. The van der Waals surface area contributed by atoms with E-state index in [9.17, 15) is 9.59 Å². The lowest BCUT2D eigenvalue weighted by molar-refractivity contribution is -0.133. The number of carbonyl (C=O) groups is 2. The van der Waals surface area contributed by atoms with Gasteiger partial charge in [-0.3, -0.25) is 14.5 Å². The zero-order valence-corrected chi connectivity index (χ0v) is 16.8. The fourth-order valence-electron chi connectivity index (χ4n) is 4.25. The van der Waals surface area contributed by atoms with Gasteiger partial charge >= 0.3 is 0 Å². The molecule has 2 heterocycles. The van der Waals surface area contributed by atoms with Crippen molar-refractivity contribution in [3.8, 4) is 0 Å². The number of piperazine rings is 1. The first-order valence-electron chi connectivity index (χ1n) is 10.6. The maximum absolute atomic E-state index is 12.7. The highest BCUT2D eigenvalue weighted by Crippen LogP contribution is 2.27. The first kappa shape index (κ1) is 19.6. The Kier molecular flexibility index (Phi) is 6.25. The second-order valence-corrected chi connectivity index (χ2v) is 8.04. The van der Waals surface area contributed by atoms with Crippen LogP contribution in [-0.2, 0) is 22.4 Å². The summed E-state index contributed by atoms with van der Waals surface area (Å²) < 4.78 is 0. The van der Waals surface area contributed by atoms with Gasteiger partial charge in [0.2, 0.25) is 11.8 Å². The molecule has 2 aromatic rings. The predicted molar refractivity (Wildman–Crippen MR) is 115 cm³/mol. The van der Waals surface area contributed by atoms with Crippen LogP contribution in [0, 0.1) is 5.92 Å². The Morgan fingerprint density at radius 2 is 1.69 bits per heavy atom. The van der Waals surface area contributed by atoms with Crippen molar-refractivity contribution in [2.45, 2.75) is 25.7 Å². The molecule has 5 heteroatoms. The molecule has 0 radical (unpaired) electrons. The summed E-state index contributed by atoms with van der Waals surface area (Å²) in [4.78, 5) is 29.4. The molecule has 1 N–H and O–H groups in total. The molecule has 0 spiro atoms. The van der Waals surface area contributed by atoms with E-state index in [0.717, 1.165) is 56.8 Å². The van der Waals surface area contributed by atoms with E-state index in [0.29, 0.717) is 12.8 Å². The molecule has 2 aliphatic heterocycles. The van der Waals surface area contributed by atoms with E-state index < -0.39 is 0 Å². The minimum atomic E-state index is -0.110. The summed E-state index contributed by atoms with van der Waals surface area (Å²) >= 11 is 0. The van der Waals surface area contributed by atoms with Crippen LogP contribution in [0.3, 0.4) is 0 Å². The third kappa shape index (κ3) is 5.04. The first-order valence-corrected chi connectivity index (χ1v) is 10.6. The van der Waals surface area contributed by atoms with E-state index >= 15 is 0 Å². The SMILES string of the molecule is O=C1Nc2ccccc2CC1CCC(=O)N1CCN(CCc2ccccc2)CC1. The van der Waals surface area contributed by atoms with Crippen LogP contribution < -0.4 is 5.32 Å². The molecule has 0 saturated carbocycles. The van der Waals surface area contributed by atoms with E-state index in [4.69, 9.17) is 0 Å². The maximum atomic E-state index is 12.7. The Balaban J connectivity index is 1.20. The predicted octanol–water partition coefficient (Wildman–Crippen LogP) is 2.96. The van der Waals surface area contributed by atoms with Crippen LogP contribution in [0.1, 0.15) is 24.0 Å². The van der Waals surface area contributed by atoms with Crippen LogP contribution in [0.15, 0.2) is 54.6 Å². The Hall–Kier alpha value is -2.66. The van der Waals surface area contributed by atoms with Gasteiger partial charge in [-0.15, -0.1) is 0 Å². The maximum Gasteiger partial charge on any atom is 0.227 e. The van der Waals surface area contributed by atoms with Crippen LogP contribution in [-0.4, -0.2) is 54.3 Å². The number of nitrogens with one attached hydrogen (secondary N) is 1. The van der Waals surface area contributed by atoms with E-state index in [-0.39, 0.29) is 17.7 Å². The average Bonchev–Trinajstić information content (AvgIpc) is 2.77. The molecular weight excluding hydrogens is 362 g/mol. The largest absolute Gasteiger partial charge is 0.340 e. The van der Waals surface area contributed by atoms with Gasteiger partial charge in [-0.1, -0.05) is 48.5 Å². The topological polar surface area (TPSA) is 52.7 Å². The van der Waals surface area contributed by atoms with Gasteiger partial charge in [0.15, 0.2) is 0 Å². The van der Waals surface area contributed by atoms with Gasteiger partial charge < -0.3 is 10.2 Å². The molecule has 0 bridgehead atoms. The molecule has 0 aromatic heterocycles. The minimum Gasteiger partial charge on any atom is -0.340 e. The Morgan fingerprint density at radius 3 is 2.48 bits per heavy atom. The second kappa shape index (κ2) is 9.23. The van der Waals surface area contributed by atoms with Crippen LogP contribution >= 0.6 is 0 Å². The summed E-state index contributed by atoms with van der Waals surface area (Å²) in [6, 6.07) is 18.5. The fraction of sp³-hybridized carbons (Fsp3) is 0.417. The van der Waals surface area contributed by atoms with Crippen molar-refractivity contribution in [2.75, 3.05) is 38.0 Å². The quantitative estimate of drug-likeness (QED) is 0.824. The minimum absolute atomic E-state index is 0.0437. The number of para-hydroxylation sites is 1. The Labute approximate surface area is 172 Å². The molecular formula is C24H29N3O2. The summed E-state index contributed by atoms with van der Waals surface area (Å²) in [7, 11) is 0. The van der Waals surface area contributed by atoms with Crippen molar-refractivity contribution in [1.29, 1.82) is 0 Å². The number of amides is 2. The lowest BCUT2D eigenvalue weighted by Crippen LogP contribution is -2.49. The van der Waals surface area contributed by atoms with Crippen molar-refractivity contribution < 1.29 is 9.59 Å². The molecule has 29 heavy (non-hydrogen) atoms. The number of carbonyl (C=O) groups excluding carboxylic acids is 2. The Bertz CT molecular complexity index is 844. The number of anilines is 1. The lowest BCUT2D eigenvalue weighted by atomic mass is 9.89. The van der Waals surface area contributed by atoms with E-state index in [2.05, 4.69) is 40.5 Å². The third-order valence-electron chi connectivity index (χ3n) is 6.10. The summed E-state index contributed by atoms with van der Waals surface area (Å²) in [5.74, 6) is 0.114. The summed E-state index contributed by atoms with van der Waals surface area (Å²) in [6.45, 7) is 4.46. The number of fused-ring (bicyclic) bond motifs is 1. The molecule has 5 nitrogen and oxygen atoms in total. The van der Waals surface area contributed by atoms with Crippen molar-refractivity contribution in [1.82, 2.24) is 9.80 Å². The molecule has 2 aromatic carbocycles. The first-order chi connectivity index (χ1) is 14.2. The standard InChI is InChI=1S/C24H29N3O2/c28-23(11-10-21-18-20-8-4-5-9-22(20)25-24(21)29)27-16-14-26(15-17-27)13-12-19-6-2-1-3-7-19/h1-9,21H,10-18H2,(H,25,29). The molecule has 0 aliphatic carbocycles. The van der Waals surface area contributed by atoms with Gasteiger partial charge in [0.1, 0.15) is 0 Å². The Morgan fingerprint density at radius 1 is 0.966 bits per heavy atom. The van der Waals surface area contributed by atoms with Crippen molar-refractivity contribution in [3.05, 3.63) is 65.7 Å². The van der Waals surface area contributed by atoms with Gasteiger partial charge in [0, 0.05) is 50.7 Å². The van der Waals surface area contributed by atoms with Crippen molar-refractivity contribution in [3.63, 3.8) is 0 Å². The molecule has 1 atom stereocenters. The number of nitrogens with zero attached hydrogens (tertiary/aromatic N) is 2. The van der Waals surface area contributed by atoms with Crippen LogP contribution in [0.25, 0.3) is 0 Å².